The Hall–Kier alpha value is -3.00. The Labute approximate surface area is 164 Å². The fourth-order valence-electron chi connectivity index (χ4n) is 2.89. The Morgan fingerprint density at radius 3 is 2.61 bits per heavy atom. The highest BCUT2D eigenvalue weighted by atomic mass is 35.5. The van der Waals surface area contributed by atoms with Crippen LogP contribution in [0.4, 0.5) is 13.6 Å². The van der Waals surface area contributed by atoms with Gasteiger partial charge in [-0.15, -0.1) is 0 Å². The van der Waals surface area contributed by atoms with Crippen LogP contribution in [-0.4, -0.2) is 29.3 Å². The predicted octanol–water partition coefficient (Wildman–Crippen LogP) is 2.70. The fraction of sp³-hybridized carbons (Fsp3) is 0.211. The minimum atomic E-state index is -1.60. The monoisotopic (exact) mass is 407 g/mol. The summed E-state index contributed by atoms with van der Waals surface area (Å²) in [5.41, 5.74) is -0.768. The van der Waals surface area contributed by atoms with E-state index in [2.05, 4.69) is 10.6 Å². The maximum Gasteiger partial charge on any atom is 0.325 e. The molecule has 0 saturated carbocycles. The van der Waals surface area contributed by atoms with Gasteiger partial charge in [0.15, 0.2) is 11.6 Å². The molecule has 0 bridgehead atoms. The molecule has 2 N–H and O–H groups in total. The van der Waals surface area contributed by atoms with Crippen molar-refractivity contribution in [2.24, 2.45) is 0 Å². The lowest BCUT2D eigenvalue weighted by Gasteiger charge is -2.22. The van der Waals surface area contributed by atoms with Gasteiger partial charge in [-0.25, -0.2) is 13.6 Å². The van der Waals surface area contributed by atoms with Gasteiger partial charge in [-0.3, -0.25) is 14.5 Å². The normalized spacial score (nSPS) is 18.9. The number of benzene rings is 2. The van der Waals surface area contributed by atoms with E-state index in [9.17, 15) is 23.2 Å². The van der Waals surface area contributed by atoms with Crippen LogP contribution < -0.4 is 10.6 Å². The molecule has 0 aliphatic carbocycles. The summed E-state index contributed by atoms with van der Waals surface area (Å²) in [6.45, 7) is 1.03. The molecule has 4 amide bonds. The van der Waals surface area contributed by atoms with Crippen LogP contribution in [0.1, 0.15) is 18.1 Å². The summed E-state index contributed by atoms with van der Waals surface area (Å²) in [6.07, 6.45) is 0. The van der Waals surface area contributed by atoms with Crippen molar-refractivity contribution < 1.29 is 23.2 Å². The second kappa shape index (κ2) is 7.55. The van der Waals surface area contributed by atoms with Crippen molar-refractivity contribution in [2.45, 2.75) is 19.0 Å². The molecule has 146 valence electrons. The van der Waals surface area contributed by atoms with E-state index in [1.165, 1.54) is 13.0 Å². The van der Waals surface area contributed by atoms with Crippen LogP contribution in [0, 0.1) is 11.6 Å². The summed E-state index contributed by atoms with van der Waals surface area (Å²) in [5.74, 6) is -3.50. The van der Waals surface area contributed by atoms with E-state index < -0.39 is 41.6 Å². The van der Waals surface area contributed by atoms with Gasteiger partial charge in [0.05, 0.1) is 0 Å². The molecular formula is C19H16ClF2N3O3. The predicted molar refractivity (Wildman–Crippen MR) is 97.3 cm³/mol. The zero-order chi connectivity index (χ0) is 20.5. The average molecular weight is 408 g/mol. The number of imide groups is 1. The van der Waals surface area contributed by atoms with Gasteiger partial charge < -0.3 is 10.6 Å². The fourth-order valence-corrected chi connectivity index (χ4v) is 3.10. The van der Waals surface area contributed by atoms with Gasteiger partial charge in [0.25, 0.3) is 5.91 Å². The molecule has 0 aromatic heterocycles. The van der Waals surface area contributed by atoms with E-state index in [0.29, 0.717) is 5.02 Å². The maximum atomic E-state index is 13.5. The Morgan fingerprint density at radius 2 is 1.93 bits per heavy atom. The van der Waals surface area contributed by atoms with Crippen LogP contribution in [0.2, 0.25) is 5.02 Å². The SMILES string of the molecule is CC1(c2ccc(F)c(F)c2)NC(=O)N(CC(=O)NCc2cccc(Cl)c2)C1=O. The van der Waals surface area contributed by atoms with E-state index in [4.69, 9.17) is 11.6 Å². The first kappa shape index (κ1) is 19.8. The second-order valence-electron chi connectivity index (χ2n) is 6.48. The van der Waals surface area contributed by atoms with Crippen LogP contribution in [-0.2, 0) is 21.7 Å². The Kier molecular flexibility index (Phi) is 5.33. The lowest BCUT2D eigenvalue weighted by atomic mass is 9.92. The van der Waals surface area contributed by atoms with E-state index in [-0.39, 0.29) is 12.1 Å². The van der Waals surface area contributed by atoms with Gasteiger partial charge in [-0.2, -0.15) is 0 Å². The van der Waals surface area contributed by atoms with E-state index >= 15 is 0 Å². The minimum absolute atomic E-state index is 0.0755. The zero-order valence-corrected chi connectivity index (χ0v) is 15.5. The number of urea groups is 1. The molecule has 1 aliphatic heterocycles. The number of carbonyl (C=O) groups excluding carboxylic acids is 3. The second-order valence-corrected chi connectivity index (χ2v) is 6.92. The number of halogens is 3. The first-order chi connectivity index (χ1) is 13.2. The molecule has 1 heterocycles. The summed E-state index contributed by atoms with van der Waals surface area (Å²) in [7, 11) is 0. The summed E-state index contributed by atoms with van der Waals surface area (Å²) in [6, 6.07) is 8.99. The van der Waals surface area contributed by atoms with Gasteiger partial charge in [-0.05, 0) is 42.3 Å². The number of carbonyl (C=O) groups is 3. The first-order valence-corrected chi connectivity index (χ1v) is 8.69. The summed E-state index contributed by atoms with van der Waals surface area (Å²) in [4.78, 5) is 37.8. The van der Waals surface area contributed by atoms with Gasteiger partial charge in [0.2, 0.25) is 5.91 Å². The number of hydrogen-bond acceptors (Lipinski definition) is 3. The van der Waals surface area contributed by atoms with Crippen LogP contribution in [0.3, 0.4) is 0 Å². The number of hydrogen-bond donors (Lipinski definition) is 2. The lowest BCUT2D eigenvalue weighted by Crippen LogP contribution is -2.43. The van der Waals surface area contributed by atoms with E-state index in [1.54, 1.807) is 24.3 Å². The summed E-state index contributed by atoms with van der Waals surface area (Å²) >= 11 is 5.88. The third-order valence-electron chi connectivity index (χ3n) is 4.45. The van der Waals surface area contributed by atoms with E-state index in [1.807, 2.05) is 0 Å². The molecule has 1 atom stereocenters. The largest absolute Gasteiger partial charge is 0.350 e. The average Bonchev–Trinajstić information content (AvgIpc) is 2.86. The number of nitrogens with one attached hydrogen (secondary N) is 2. The van der Waals surface area contributed by atoms with Crippen molar-refractivity contribution in [1.82, 2.24) is 15.5 Å². The molecule has 2 aromatic carbocycles. The van der Waals surface area contributed by atoms with Crippen LogP contribution in [0.25, 0.3) is 0 Å². The summed E-state index contributed by atoms with van der Waals surface area (Å²) in [5, 5.41) is 5.54. The molecule has 6 nitrogen and oxygen atoms in total. The molecule has 1 fully saturated rings. The minimum Gasteiger partial charge on any atom is -0.350 e. The highest BCUT2D eigenvalue weighted by molar-refractivity contribution is 6.30. The van der Waals surface area contributed by atoms with Gasteiger partial charge >= 0.3 is 6.03 Å². The lowest BCUT2D eigenvalue weighted by molar-refractivity contribution is -0.134. The molecule has 28 heavy (non-hydrogen) atoms. The smallest absolute Gasteiger partial charge is 0.325 e. The molecule has 9 heteroatoms. The maximum absolute atomic E-state index is 13.5. The van der Waals surface area contributed by atoms with Crippen LogP contribution in [0.15, 0.2) is 42.5 Å². The van der Waals surface area contributed by atoms with Crippen molar-refractivity contribution in [3.8, 4) is 0 Å². The number of amides is 4. The summed E-state index contributed by atoms with van der Waals surface area (Å²) < 4.78 is 26.7. The Balaban J connectivity index is 1.69. The van der Waals surface area contributed by atoms with Crippen molar-refractivity contribution in [1.29, 1.82) is 0 Å². The van der Waals surface area contributed by atoms with Gasteiger partial charge in [-0.1, -0.05) is 29.8 Å². The van der Waals surface area contributed by atoms with Crippen molar-refractivity contribution in [3.63, 3.8) is 0 Å². The zero-order valence-electron chi connectivity index (χ0n) is 14.8. The molecule has 3 rings (SSSR count). The van der Waals surface area contributed by atoms with Crippen molar-refractivity contribution in [2.75, 3.05) is 6.54 Å². The Morgan fingerprint density at radius 1 is 1.18 bits per heavy atom. The first-order valence-electron chi connectivity index (χ1n) is 8.31. The molecule has 0 radical (unpaired) electrons. The molecule has 2 aromatic rings. The van der Waals surface area contributed by atoms with Gasteiger partial charge in [0.1, 0.15) is 12.1 Å². The molecule has 1 saturated heterocycles. The Bertz CT molecular complexity index is 969. The number of nitrogens with zero attached hydrogens (tertiary/aromatic N) is 1. The quantitative estimate of drug-likeness (QED) is 0.748. The highest BCUT2D eigenvalue weighted by Gasteiger charge is 2.49. The number of rotatable bonds is 5. The third kappa shape index (κ3) is 3.82. The van der Waals surface area contributed by atoms with E-state index in [0.717, 1.165) is 22.6 Å². The van der Waals surface area contributed by atoms with Gasteiger partial charge in [0, 0.05) is 11.6 Å². The standard InChI is InChI=1S/C19H16ClF2N3O3/c1-19(12-5-6-14(21)15(22)8-12)17(27)25(18(28)24-19)10-16(26)23-9-11-3-2-4-13(20)7-11/h2-8H,9-10H2,1H3,(H,23,26)(H,24,28). The third-order valence-corrected chi connectivity index (χ3v) is 4.69. The van der Waals surface area contributed by atoms with Crippen LogP contribution >= 0.6 is 11.6 Å². The molecule has 1 unspecified atom stereocenters. The van der Waals surface area contributed by atoms with Crippen LogP contribution in [0.5, 0.6) is 0 Å². The molecular weight excluding hydrogens is 392 g/mol. The van der Waals surface area contributed by atoms with Crippen molar-refractivity contribution in [3.05, 3.63) is 70.2 Å². The topological polar surface area (TPSA) is 78.5 Å². The highest BCUT2D eigenvalue weighted by Crippen LogP contribution is 2.29. The molecule has 1 aliphatic rings. The van der Waals surface area contributed by atoms with Crippen molar-refractivity contribution >= 4 is 29.4 Å². The molecule has 0 spiro atoms.